The Hall–Kier alpha value is -1.67. The summed E-state index contributed by atoms with van der Waals surface area (Å²) < 4.78 is 4.73. The molecule has 0 unspecified atom stereocenters. The molecule has 0 N–H and O–H groups in total. The zero-order valence-corrected chi connectivity index (χ0v) is 8.15. The molecule has 0 aliphatic rings. The topological polar surface area (TPSA) is 56.4 Å². The van der Waals surface area contributed by atoms with Crippen molar-refractivity contribution in [2.24, 2.45) is 0 Å². The quantitative estimate of drug-likeness (QED) is 0.555. The lowest BCUT2D eigenvalue weighted by Crippen LogP contribution is -2.06. The molecule has 0 atom stereocenters. The molecule has 0 aliphatic heterocycles. The fourth-order valence-corrected chi connectivity index (χ4v) is 0.932. The molecule has 1 aromatic heterocycles. The van der Waals surface area contributed by atoms with E-state index in [4.69, 9.17) is 22.9 Å². The third-order valence-corrected chi connectivity index (χ3v) is 1.54. The van der Waals surface area contributed by atoms with Crippen LogP contribution in [0.4, 0.5) is 5.82 Å². The number of hydrogen-bond donors (Lipinski definition) is 0. The van der Waals surface area contributed by atoms with Gasteiger partial charge in [-0.25, -0.2) is 9.78 Å². The van der Waals surface area contributed by atoms with E-state index in [9.17, 15) is 4.79 Å². The minimum absolute atomic E-state index is 0.0171. The molecule has 6 heteroatoms. The second-order valence-corrected chi connectivity index (χ2v) is 2.56. The molecule has 0 radical (unpaired) electrons. The second kappa shape index (κ2) is 4.53. The van der Waals surface area contributed by atoms with E-state index in [0.29, 0.717) is 0 Å². The highest BCUT2D eigenvalue weighted by Gasteiger charge is 2.23. The highest BCUT2D eigenvalue weighted by atomic mass is 35.5. The Bertz CT molecular complexity index is 400. The van der Waals surface area contributed by atoms with Crippen LogP contribution in [0.25, 0.3) is 4.85 Å². The van der Waals surface area contributed by atoms with Gasteiger partial charge < -0.3 is 4.74 Å². The van der Waals surface area contributed by atoms with Crippen LogP contribution in [-0.2, 0) is 4.74 Å². The van der Waals surface area contributed by atoms with Crippen molar-refractivity contribution < 1.29 is 9.53 Å². The average molecular weight is 213 g/mol. The minimum atomic E-state index is -0.576. The van der Waals surface area contributed by atoms with Crippen molar-refractivity contribution in [3.63, 3.8) is 0 Å². The first kappa shape index (κ1) is 10.4. The number of hydrogen-bond acceptors (Lipinski definition) is 4. The van der Waals surface area contributed by atoms with Crippen molar-refractivity contribution in [2.45, 2.75) is 6.92 Å². The van der Waals surface area contributed by atoms with E-state index in [0.717, 1.165) is 0 Å². The maximum atomic E-state index is 11.3. The van der Waals surface area contributed by atoms with Crippen LogP contribution in [0.2, 0.25) is 5.28 Å². The molecule has 1 rings (SSSR count). The van der Waals surface area contributed by atoms with Crippen molar-refractivity contribution in [3.8, 4) is 6.57 Å². The molecule has 0 saturated heterocycles. The molecule has 1 aromatic rings. The average Bonchev–Trinajstić information content (AvgIpc) is 2.17. The fourth-order valence-electron chi connectivity index (χ4n) is 0.803. The van der Waals surface area contributed by atoms with Crippen LogP contribution >= 0.6 is 11.6 Å². The summed E-state index contributed by atoms with van der Waals surface area (Å²) in [6, 6.07) is 0. The number of rotatable bonds is 2. The summed E-state index contributed by atoms with van der Waals surface area (Å²) in [4.78, 5) is 21.9. The summed E-state index contributed by atoms with van der Waals surface area (Å²) in [7, 11) is 0. The van der Waals surface area contributed by atoms with Gasteiger partial charge in [0.15, 0.2) is 5.56 Å². The first-order chi connectivity index (χ1) is 6.69. The zero-order valence-electron chi connectivity index (χ0n) is 7.40. The van der Waals surface area contributed by atoms with Gasteiger partial charge in [-0.3, -0.25) is 0 Å². The van der Waals surface area contributed by atoms with Gasteiger partial charge in [0.05, 0.1) is 12.8 Å². The number of halogens is 1. The SMILES string of the molecule is C#[N+]c1nc(Cl)ncc1C(=O)OCC. The van der Waals surface area contributed by atoms with Gasteiger partial charge in [-0.15, -0.1) is 0 Å². The van der Waals surface area contributed by atoms with Crippen LogP contribution < -0.4 is 0 Å². The molecule has 1 heterocycles. The first-order valence-corrected chi connectivity index (χ1v) is 4.17. The van der Waals surface area contributed by atoms with E-state index in [1.807, 2.05) is 0 Å². The Morgan fingerprint density at radius 3 is 3.07 bits per heavy atom. The van der Waals surface area contributed by atoms with Crippen molar-refractivity contribution in [2.75, 3.05) is 6.61 Å². The van der Waals surface area contributed by atoms with E-state index in [2.05, 4.69) is 14.8 Å². The maximum absolute atomic E-state index is 11.3. The van der Waals surface area contributed by atoms with E-state index in [1.54, 1.807) is 6.92 Å². The molecule has 0 bridgehead atoms. The van der Waals surface area contributed by atoms with Gasteiger partial charge in [0.2, 0.25) is 0 Å². The molecule has 0 saturated carbocycles. The van der Waals surface area contributed by atoms with Gasteiger partial charge in [-0.2, -0.15) is 4.85 Å². The summed E-state index contributed by atoms with van der Waals surface area (Å²) in [5.74, 6) is -0.559. The molecule has 14 heavy (non-hydrogen) atoms. The van der Waals surface area contributed by atoms with Crippen LogP contribution in [0.1, 0.15) is 17.3 Å². The molecule has 72 valence electrons. The standard InChI is InChI=1S/C8H7ClN3O2/c1-3-14-7(13)5-4-11-8(9)12-6(5)10-2/h2,4H,3H2,1H3/q+1. The Balaban J connectivity index is 3.09. The summed E-state index contributed by atoms with van der Waals surface area (Å²) in [5.41, 5.74) is 0.0961. The predicted octanol–water partition coefficient (Wildman–Crippen LogP) is 1.90. The molecule has 0 amide bonds. The molecule has 0 fully saturated rings. The smallest absolute Gasteiger partial charge is 0.444 e. The molecule has 0 spiro atoms. The normalized spacial score (nSPS) is 9.21. The Kier molecular flexibility index (Phi) is 3.37. The molecule has 0 aliphatic carbocycles. The molecular weight excluding hydrogens is 206 g/mol. The largest absolute Gasteiger partial charge is 0.462 e. The fraction of sp³-hybridized carbons (Fsp3) is 0.250. The Morgan fingerprint density at radius 1 is 1.79 bits per heavy atom. The third-order valence-electron chi connectivity index (χ3n) is 1.36. The molecule has 0 aromatic carbocycles. The van der Waals surface area contributed by atoms with Crippen LogP contribution in [-0.4, -0.2) is 22.5 Å². The van der Waals surface area contributed by atoms with Gasteiger partial charge in [0.1, 0.15) is 6.57 Å². The Morgan fingerprint density at radius 2 is 2.50 bits per heavy atom. The van der Waals surface area contributed by atoms with Crippen molar-refractivity contribution >= 4 is 23.4 Å². The summed E-state index contributed by atoms with van der Waals surface area (Å²) >= 11 is 5.49. The first-order valence-electron chi connectivity index (χ1n) is 3.79. The number of carbonyl (C=O) groups is 1. The summed E-state index contributed by atoms with van der Waals surface area (Å²) in [6.07, 6.45) is 1.22. The lowest BCUT2D eigenvalue weighted by molar-refractivity contribution is 0.0527. The van der Waals surface area contributed by atoms with Crippen molar-refractivity contribution in [1.29, 1.82) is 0 Å². The summed E-state index contributed by atoms with van der Waals surface area (Å²) in [6.45, 7) is 6.97. The predicted molar refractivity (Wildman–Crippen MR) is 51.0 cm³/mol. The van der Waals surface area contributed by atoms with Crippen LogP contribution in [0.3, 0.4) is 0 Å². The van der Waals surface area contributed by atoms with E-state index in [-0.39, 0.29) is 23.3 Å². The number of carbonyl (C=O) groups excluding carboxylic acids is 1. The minimum Gasteiger partial charge on any atom is -0.462 e. The lowest BCUT2D eigenvalue weighted by atomic mass is 10.3. The van der Waals surface area contributed by atoms with Crippen LogP contribution in [0.5, 0.6) is 0 Å². The number of ether oxygens (including phenoxy) is 1. The van der Waals surface area contributed by atoms with Gasteiger partial charge in [0, 0.05) is 4.98 Å². The summed E-state index contributed by atoms with van der Waals surface area (Å²) in [5, 5.41) is -0.0257. The lowest BCUT2D eigenvalue weighted by Gasteiger charge is -1.97. The second-order valence-electron chi connectivity index (χ2n) is 2.23. The van der Waals surface area contributed by atoms with E-state index >= 15 is 0 Å². The van der Waals surface area contributed by atoms with Gasteiger partial charge in [-0.05, 0) is 18.5 Å². The highest BCUT2D eigenvalue weighted by molar-refractivity contribution is 6.28. The molecular formula is C8H7ClN3O2+. The van der Waals surface area contributed by atoms with E-state index in [1.165, 1.54) is 6.20 Å². The maximum Gasteiger partial charge on any atom is 0.444 e. The van der Waals surface area contributed by atoms with E-state index < -0.39 is 5.97 Å². The monoisotopic (exact) mass is 212 g/mol. The van der Waals surface area contributed by atoms with Crippen molar-refractivity contribution in [1.82, 2.24) is 9.97 Å². The van der Waals surface area contributed by atoms with Gasteiger partial charge in [0.25, 0.3) is 0 Å². The van der Waals surface area contributed by atoms with Crippen LogP contribution in [0, 0.1) is 6.57 Å². The Labute approximate surface area is 85.5 Å². The third kappa shape index (κ3) is 2.18. The highest BCUT2D eigenvalue weighted by Crippen LogP contribution is 2.17. The number of aromatic nitrogens is 2. The van der Waals surface area contributed by atoms with Crippen LogP contribution in [0.15, 0.2) is 6.20 Å². The van der Waals surface area contributed by atoms with Gasteiger partial charge in [-0.1, -0.05) is 0 Å². The zero-order chi connectivity index (χ0) is 10.6. The van der Waals surface area contributed by atoms with Gasteiger partial charge >= 0.3 is 17.1 Å². The molecule has 5 nitrogen and oxygen atoms in total. The van der Waals surface area contributed by atoms with Crippen molar-refractivity contribution in [3.05, 3.63) is 21.9 Å². The number of nitrogens with zero attached hydrogens (tertiary/aromatic N) is 3. The number of esters is 1.